The molecule has 1 saturated carbocycles. The second-order valence-corrected chi connectivity index (χ2v) is 6.32. The summed E-state index contributed by atoms with van der Waals surface area (Å²) in [6, 6.07) is 8.67. The van der Waals surface area contributed by atoms with E-state index in [0.29, 0.717) is 4.75 Å². The van der Waals surface area contributed by atoms with Crippen LogP contribution in [0.15, 0.2) is 36.7 Å². The van der Waals surface area contributed by atoms with Crippen molar-refractivity contribution in [1.29, 1.82) is 0 Å². The second-order valence-electron chi connectivity index (χ2n) is 5.05. The van der Waals surface area contributed by atoms with Crippen LogP contribution in [0, 0.1) is 0 Å². The minimum atomic E-state index is 0.542. The first-order chi connectivity index (χ1) is 8.81. The molecule has 1 aliphatic carbocycles. The third-order valence-electron chi connectivity index (χ3n) is 3.72. The summed E-state index contributed by atoms with van der Waals surface area (Å²) in [5, 5.41) is 6.07. The smallest absolute Gasteiger partial charge is 0.0346 e. The Morgan fingerprint density at radius 1 is 1.28 bits per heavy atom. The van der Waals surface area contributed by atoms with Gasteiger partial charge in [-0.3, -0.25) is 4.98 Å². The van der Waals surface area contributed by atoms with E-state index in [1.165, 1.54) is 29.2 Å². The number of hydrogen-bond donors (Lipinski definition) is 1. The van der Waals surface area contributed by atoms with Gasteiger partial charge in [-0.25, -0.2) is 0 Å². The molecule has 0 aliphatic heterocycles. The highest BCUT2D eigenvalue weighted by Crippen LogP contribution is 2.46. The van der Waals surface area contributed by atoms with Crippen LogP contribution in [0.3, 0.4) is 0 Å². The van der Waals surface area contributed by atoms with Crippen molar-refractivity contribution in [3.05, 3.63) is 42.2 Å². The minimum Gasteiger partial charge on any atom is -0.311 e. The van der Waals surface area contributed by atoms with Crippen molar-refractivity contribution in [2.75, 3.05) is 12.8 Å². The topological polar surface area (TPSA) is 24.9 Å². The summed E-state index contributed by atoms with van der Waals surface area (Å²) in [5.41, 5.74) is 1.35. The molecular weight excluding hydrogens is 240 g/mol. The van der Waals surface area contributed by atoms with Gasteiger partial charge < -0.3 is 5.32 Å². The van der Waals surface area contributed by atoms with E-state index in [1.807, 2.05) is 24.2 Å². The fraction of sp³-hybridized carbons (Fsp3) is 0.400. The number of pyridine rings is 1. The zero-order valence-electron chi connectivity index (χ0n) is 10.6. The lowest BCUT2D eigenvalue weighted by Crippen LogP contribution is -2.25. The first kappa shape index (κ1) is 12.0. The van der Waals surface area contributed by atoms with Gasteiger partial charge in [0.15, 0.2) is 0 Å². The van der Waals surface area contributed by atoms with E-state index in [-0.39, 0.29) is 0 Å². The van der Waals surface area contributed by atoms with Gasteiger partial charge in [0, 0.05) is 35.6 Å². The molecule has 1 N–H and O–H groups in total. The number of nitrogens with one attached hydrogen (secondary N) is 1. The van der Waals surface area contributed by atoms with E-state index in [9.17, 15) is 0 Å². The molecule has 94 valence electrons. The van der Waals surface area contributed by atoms with Crippen LogP contribution in [-0.4, -0.2) is 22.5 Å². The van der Waals surface area contributed by atoms with Crippen LogP contribution >= 0.6 is 11.8 Å². The first-order valence-corrected chi connectivity index (χ1v) is 7.62. The quantitative estimate of drug-likeness (QED) is 0.891. The molecule has 1 aliphatic rings. The molecule has 1 aromatic heterocycles. The maximum absolute atomic E-state index is 4.14. The average molecular weight is 258 g/mol. The highest BCUT2D eigenvalue weighted by atomic mass is 32.2. The van der Waals surface area contributed by atoms with Crippen LogP contribution in [0.1, 0.15) is 18.4 Å². The lowest BCUT2D eigenvalue weighted by molar-refractivity contribution is 0.663. The van der Waals surface area contributed by atoms with Crippen molar-refractivity contribution in [3.8, 4) is 0 Å². The predicted octanol–water partition coefficient (Wildman–Crippen LogP) is 3.22. The van der Waals surface area contributed by atoms with Gasteiger partial charge in [-0.15, -0.1) is 0 Å². The number of nitrogens with zero attached hydrogens (tertiary/aromatic N) is 1. The van der Waals surface area contributed by atoms with Crippen LogP contribution in [0.4, 0.5) is 0 Å². The highest BCUT2D eigenvalue weighted by Gasteiger charge is 2.41. The zero-order chi connectivity index (χ0) is 12.4. The van der Waals surface area contributed by atoms with Crippen molar-refractivity contribution in [3.63, 3.8) is 0 Å². The molecule has 1 heterocycles. The monoisotopic (exact) mass is 258 g/mol. The van der Waals surface area contributed by atoms with E-state index in [1.54, 1.807) is 0 Å². The third-order valence-corrected chi connectivity index (χ3v) is 5.14. The average Bonchev–Trinajstić information content (AvgIpc) is 3.19. The van der Waals surface area contributed by atoms with Crippen molar-refractivity contribution < 1.29 is 0 Å². The van der Waals surface area contributed by atoms with E-state index in [2.05, 4.69) is 40.8 Å². The van der Waals surface area contributed by atoms with Gasteiger partial charge in [0.2, 0.25) is 0 Å². The molecule has 3 heteroatoms. The van der Waals surface area contributed by atoms with Crippen molar-refractivity contribution in [2.45, 2.75) is 24.1 Å². The summed E-state index contributed by atoms with van der Waals surface area (Å²) in [6.07, 6.45) is 8.72. The summed E-state index contributed by atoms with van der Waals surface area (Å²) in [4.78, 5) is 4.14. The molecule has 0 bridgehead atoms. The Balaban J connectivity index is 1.64. The predicted molar refractivity (Wildman–Crippen MR) is 78.9 cm³/mol. The molecular formula is C15H18N2S. The van der Waals surface area contributed by atoms with Crippen LogP contribution in [-0.2, 0) is 6.54 Å². The summed E-state index contributed by atoms with van der Waals surface area (Å²) in [7, 11) is 0. The number of benzene rings is 1. The highest BCUT2D eigenvalue weighted by molar-refractivity contribution is 8.00. The van der Waals surface area contributed by atoms with Gasteiger partial charge in [-0.2, -0.15) is 11.8 Å². The Morgan fingerprint density at radius 2 is 2.17 bits per heavy atom. The maximum Gasteiger partial charge on any atom is 0.0346 e. The number of aromatic nitrogens is 1. The molecule has 0 radical (unpaired) electrons. The van der Waals surface area contributed by atoms with Gasteiger partial charge in [0.25, 0.3) is 0 Å². The lowest BCUT2D eigenvalue weighted by atomic mass is 10.1. The van der Waals surface area contributed by atoms with Gasteiger partial charge >= 0.3 is 0 Å². The standard InChI is InChI=1S/C15H18N2S/c1-18-15(5-6-15)11-17-9-12-2-3-14-10-16-7-4-13(14)8-12/h2-4,7-8,10,17H,5-6,9,11H2,1H3. The van der Waals surface area contributed by atoms with Crippen molar-refractivity contribution in [1.82, 2.24) is 10.3 Å². The molecule has 0 unspecified atom stereocenters. The first-order valence-electron chi connectivity index (χ1n) is 6.40. The van der Waals surface area contributed by atoms with Crippen LogP contribution in [0.25, 0.3) is 10.8 Å². The van der Waals surface area contributed by atoms with Crippen molar-refractivity contribution in [2.24, 2.45) is 0 Å². The Morgan fingerprint density at radius 3 is 2.94 bits per heavy atom. The molecule has 1 fully saturated rings. The molecule has 18 heavy (non-hydrogen) atoms. The summed E-state index contributed by atoms with van der Waals surface area (Å²) in [5.74, 6) is 0. The summed E-state index contributed by atoms with van der Waals surface area (Å²) < 4.78 is 0.542. The van der Waals surface area contributed by atoms with E-state index in [4.69, 9.17) is 0 Å². The van der Waals surface area contributed by atoms with Crippen LogP contribution < -0.4 is 5.32 Å². The van der Waals surface area contributed by atoms with Crippen molar-refractivity contribution >= 4 is 22.5 Å². The molecule has 0 spiro atoms. The molecule has 0 atom stereocenters. The van der Waals surface area contributed by atoms with Gasteiger partial charge in [-0.05, 0) is 42.2 Å². The Kier molecular flexibility index (Phi) is 3.27. The molecule has 3 rings (SSSR count). The van der Waals surface area contributed by atoms with Gasteiger partial charge in [0.1, 0.15) is 0 Å². The summed E-state index contributed by atoms with van der Waals surface area (Å²) in [6.45, 7) is 2.09. The normalized spacial score (nSPS) is 16.9. The number of hydrogen-bond acceptors (Lipinski definition) is 3. The summed E-state index contributed by atoms with van der Waals surface area (Å²) >= 11 is 2.01. The zero-order valence-corrected chi connectivity index (χ0v) is 11.5. The molecule has 2 nitrogen and oxygen atoms in total. The largest absolute Gasteiger partial charge is 0.311 e. The second kappa shape index (κ2) is 4.90. The minimum absolute atomic E-state index is 0.542. The number of rotatable bonds is 5. The van der Waals surface area contributed by atoms with E-state index in [0.717, 1.165) is 13.1 Å². The third kappa shape index (κ3) is 2.52. The molecule has 2 aromatic rings. The van der Waals surface area contributed by atoms with Crippen LogP contribution in [0.2, 0.25) is 0 Å². The molecule has 0 saturated heterocycles. The van der Waals surface area contributed by atoms with Crippen LogP contribution in [0.5, 0.6) is 0 Å². The Labute approximate surface area is 112 Å². The Hall–Kier alpha value is -1.06. The van der Waals surface area contributed by atoms with E-state index < -0.39 is 0 Å². The maximum atomic E-state index is 4.14. The fourth-order valence-corrected chi connectivity index (χ4v) is 3.03. The lowest BCUT2D eigenvalue weighted by Gasteiger charge is -2.13. The molecule has 0 amide bonds. The SMILES string of the molecule is CSC1(CNCc2ccc3cnccc3c2)CC1. The fourth-order valence-electron chi connectivity index (χ4n) is 2.27. The number of thioether (sulfide) groups is 1. The number of fused-ring (bicyclic) bond motifs is 1. The van der Waals surface area contributed by atoms with E-state index >= 15 is 0 Å². The molecule has 1 aromatic carbocycles. The van der Waals surface area contributed by atoms with Gasteiger partial charge in [0.05, 0.1) is 0 Å². The van der Waals surface area contributed by atoms with Gasteiger partial charge in [-0.1, -0.05) is 12.1 Å². The Bertz CT molecular complexity index is 549.